The maximum Gasteiger partial charge on any atom is 0.0599 e. The van der Waals surface area contributed by atoms with Crippen molar-refractivity contribution in [3.63, 3.8) is 0 Å². The third-order valence-electron chi connectivity index (χ3n) is 5.73. The van der Waals surface area contributed by atoms with Gasteiger partial charge in [-0.25, -0.2) is 0 Å². The predicted octanol–water partition coefficient (Wildman–Crippen LogP) is 2.68. The molecular weight excluding hydrogens is 290 g/mol. The van der Waals surface area contributed by atoms with Crippen LogP contribution in [0.15, 0.2) is 36.6 Å². The van der Waals surface area contributed by atoms with Crippen LogP contribution in [0.3, 0.4) is 0 Å². The molecule has 3 aliphatic rings. The van der Waals surface area contributed by atoms with Gasteiger partial charge in [-0.05, 0) is 56.7 Å². The van der Waals surface area contributed by atoms with Crippen molar-refractivity contribution in [1.82, 2.24) is 9.80 Å². The Morgan fingerprint density at radius 1 is 1.27 bits per heavy atom. The van der Waals surface area contributed by atoms with E-state index in [1.165, 1.54) is 6.42 Å². The molecule has 4 heteroatoms. The Balaban J connectivity index is 1.88. The quantitative estimate of drug-likeness (QED) is 0.808. The van der Waals surface area contributed by atoms with E-state index in [1.807, 2.05) is 11.8 Å². The third kappa shape index (κ3) is 2.89. The number of hydrogen-bond acceptors (Lipinski definition) is 4. The van der Waals surface area contributed by atoms with E-state index < -0.39 is 0 Å². The van der Waals surface area contributed by atoms with Crippen molar-refractivity contribution >= 4 is 11.8 Å². The molecule has 0 spiro atoms. The van der Waals surface area contributed by atoms with Crippen molar-refractivity contribution in [3.05, 3.63) is 36.6 Å². The van der Waals surface area contributed by atoms with Gasteiger partial charge in [0.15, 0.2) is 0 Å². The van der Waals surface area contributed by atoms with Crippen LogP contribution in [0.5, 0.6) is 0 Å². The Morgan fingerprint density at radius 2 is 2.09 bits per heavy atom. The smallest absolute Gasteiger partial charge is 0.0599 e. The van der Waals surface area contributed by atoms with Gasteiger partial charge in [0.25, 0.3) is 0 Å². The summed E-state index contributed by atoms with van der Waals surface area (Å²) >= 11 is 1.94. The number of allylic oxidation sites excluding steroid dienone is 4. The minimum Gasteiger partial charge on any atom is -0.368 e. The lowest BCUT2D eigenvalue weighted by molar-refractivity contribution is -0.0359. The summed E-state index contributed by atoms with van der Waals surface area (Å²) in [6, 6.07) is 0.528. The Morgan fingerprint density at radius 3 is 2.86 bits per heavy atom. The zero-order valence-corrected chi connectivity index (χ0v) is 14.6. The molecule has 3 rings (SSSR count). The molecule has 0 aromatic rings. The number of nitrogens with two attached hydrogens (primary N) is 1. The van der Waals surface area contributed by atoms with E-state index in [4.69, 9.17) is 5.73 Å². The fraction of sp³-hybridized carbons (Fsp3) is 0.667. The molecule has 22 heavy (non-hydrogen) atoms. The molecule has 0 saturated carbocycles. The molecule has 1 aliphatic carbocycles. The normalized spacial score (nSPS) is 38.3. The lowest BCUT2D eigenvalue weighted by Crippen LogP contribution is -2.67. The summed E-state index contributed by atoms with van der Waals surface area (Å²) in [5.41, 5.74) is 6.31. The number of piperazine rings is 1. The molecule has 0 aromatic heterocycles. The first-order valence-electron chi connectivity index (χ1n) is 8.39. The highest BCUT2D eigenvalue weighted by Gasteiger charge is 2.47. The van der Waals surface area contributed by atoms with Crippen molar-refractivity contribution in [2.45, 2.75) is 31.3 Å². The van der Waals surface area contributed by atoms with E-state index in [2.05, 4.69) is 59.6 Å². The highest BCUT2D eigenvalue weighted by Crippen LogP contribution is 2.41. The Bertz CT molecular complexity index is 473. The molecule has 3 unspecified atom stereocenters. The van der Waals surface area contributed by atoms with Crippen molar-refractivity contribution < 1.29 is 0 Å². The summed E-state index contributed by atoms with van der Waals surface area (Å²) < 4.78 is 0. The molecule has 4 atom stereocenters. The van der Waals surface area contributed by atoms with Crippen molar-refractivity contribution in [2.75, 3.05) is 31.8 Å². The van der Waals surface area contributed by atoms with Crippen LogP contribution in [-0.4, -0.2) is 53.1 Å². The molecule has 1 fully saturated rings. The molecule has 0 radical (unpaired) electrons. The lowest BCUT2D eigenvalue weighted by atomic mass is 9.69. The first-order chi connectivity index (χ1) is 10.7. The first kappa shape index (κ1) is 16.2. The fourth-order valence-electron chi connectivity index (χ4n) is 4.41. The second kappa shape index (κ2) is 6.81. The van der Waals surface area contributed by atoms with Gasteiger partial charge in [0.1, 0.15) is 0 Å². The Hall–Kier alpha value is -0.710. The highest BCUT2D eigenvalue weighted by atomic mass is 32.2. The number of thioether (sulfide) groups is 1. The van der Waals surface area contributed by atoms with Crippen molar-refractivity contribution in [2.24, 2.45) is 17.6 Å². The van der Waals surface area contributed by atoms with Crippen molar-refractivity contribution in [3.8, 4) is 0 Å². The van der Waals surface area contributed by atoms with Crippen LogP contribution in [-0.2, 0) is 0 Å². The molecule has 1 saturated heterocycles. The molecule has 0 bridgehead atoms. The molecule has 2 heterocycles. The van der Waals surface area contributed by atoms with E-state index >= 15 is 0 Å². The Kier molecular flexibility index (Phi) is 5.00. The van der Waals surface area contributed by atoms with Gasteiger partial charge in [-0.15, -0.1) is 11.8 Å². The van der Waals surface area contributed by atoms with E-state index in [0.29, 0.717) is 17.9 Å². The van der Waals surface area contributed by atoms with E-state index in [1.54, 1.807) is 0 Å². The third-order valence-corrected chi connectivity index (χ3v) is 6.30. The zero-order chi connectivity index (χ0) is 15.6. The molecule has 0 amide bonds. The monoisotopic (exact) mass is 319 g/mol. The van der Waals surface area contributed by atoms with E-state index in [9.17, 15) is 0 Å². The topological polar surface area (TPSA) is 32.5 Å². The average molecular weight is 320 g/mol. The number of rotatable bonds is 4. The van der Waals surface area contributed by atoms with Gasteiger partial charge in [-0.2, -0.15) is 0 Å². The number of hydrogen-bond donors (Lipinski definition) is 1. The van der Waals surface area contributed by atoms with Crippen LogP contribution in [0.4, 0.5) is 0 Å². The van der Waals surface area contributed by atoms with Crippen LogP contribution >= 0.6 is 11.8 Å². The van der Waals surface area contributed by atoms with Gasteiger partial charge in [-0.3, -0.25) is 4.90 Å². The molecule has 2 N–H and O–H groups in total. The number of nitrogens with zero attached hydrogens (tertiary/aromatic N) is 2. The molecular formula is C18H29N3S. The zero-order valence-electron chi connectivity index (χ0n) is 13.8. The maximum absolute atomic E-state index is 6.11. The highest BCUT2D eigenvalue weighted by molar-refractivity contribution is 7.98. The second-order valence-corrected chi connectivity index (χ2v) is 7.84. The molecule has 3 nitrogen and oxygen atoms in total. The fourth-order valence-corrected chi connectivity index (χ4v) is 5.13. The minimum atomic E-state index is 0.198. The first-order valence-corrected chi connectivity index (χ1v) is 9.78. The van der Waals surface area contributed by atoms with Gasteiger partial charge < -0.3 is 10.6 Å². The Labute approximate surface area is 139 Å². The SMILES string of the molecule is CSCN1CC2C=CC=CN2CC1(C)[C@H]1CC=CCC1CN. The van der Waals surface area contributed by atoms with E-state index in [0.717, 1.165) is 31.9 Å². The molecule has 0 aromatic carbocycles. The van der Waals surface area contributed by atoms with Gasteiger partial charge in [0.2, 0.25) is 0 Å². The van der Waals surface area contributed by atoms with Gasteiger partial charge in [-0.1, -0.05) is 24.3 Å². The minimum absolute atomic E-state index is 0.198. The second-order valence-electron chi connectivity index (χ2n) is 7.01. The van der Waals surface area contributed by atoms with Gasteiger partial charge in [0, 0.05) is 24.5 Å². The van der Waals surface area contributed by atoms with Crippen LogP contribution in [0.2, 0.25) is 0 Å². The van der Waals surface area contributed by atoms with Crippen molar-refractivity contribution in [1.29, 1.82) is 0 Å². The molecule has 2 aliphatic heterocycles. The summed E-state index contributed by atoms with van der Waals surface area (Å²) in [5, 5.41) is 0. The van der Waals surface area contributed by atoms with Crippen LogP contribution in [0.25, 0.3) is 0 Å². The van der Waals surface area contributed by atoms with E-state index in [-0.39, 0.29) is 5.54 Å². The van der Waals surface area contributed by atoms with Crippen LogP contribution in [0.1, 0.15) is 19.8 Å². The largest absolute Gasteiger partial charge is 0.368 e. The number of fused-ring (bicyclic) bond motifs is 1. The summed E-state index contributed by atoms with van der Waals surface area (Å²) in [7, 11) is 0. The predicted molar refractivity (Wildman–Crippen MR) is 96.7 cm³/mol. The summed E-state index contributed by atoms with van der Waals surface area (Å²) in [6.45, 7) is 5.50. The lowest BCUT2D eigenvalue weighted by Gasteiger charge is -2.57. The standard InChI is InChI=1S/C18H29N3S/c1-18(17-9-4-3-7-15(17)11-19)13-20-10-6-5-8-16(20)12-21(18)14-22-2/h3-6,8,10,15-17H,7,9,11-14,19H2,1-2H3/t15?,16?,17-,18?/m0/s1. The average Bonchev–Trinajstić information content (AvgIpc) is 2.55. The maximum atomic E-state index is 6.11. The summed E-state index contributed by atoms with van der Waals surface area (Å²) in [5.74, 6) is 2.37. The van der Waals surface area contributed by atoms with Crippen LogP contribution in [0, 0.1) is 11.8 Å². The van der Waals surface area contributed by atoms with Crippen LogP contribution < -0.4 is 5.73 Å². The van der Waals surface area contributed by atoms with Gasteiger partial charge >= 0.3 is 0 Å². The summed E-state index contributed by atoms with van der Waals surface area (Å²) in [4.78, 5) is 5.25. The van der Waals surface area contributed by atoms with Gasteiger partial charge in [0.05, 0.1) is 6.04 Å². The summed E-state index contributed by atoms with van der Waals surface area (Å²) in [6.07, 6.45) is 18.2. The molecule has 122 valence electrons.